The van der Waals surface area contributed by atoms with Crippen LogP contribution in [0.15, 0.2) is 0 Å². The zero-order valence-corrected chi connectivity index (χ0v) is 15.3. The molecule has 118 valence electrons. The Labute approximate surface area is 133 Å². The lowest BCUT2D eigenvalue weighted by atomic mass is 9.91. The van der Waals surface area contributed by atoms with E-state index in [1.165, 1.54) is 64.2 Å². The van der Waals surface area contributed by atoms with Gasteiger partial charge >= 0.3 is 0 Å². The van der Waals surface area contributed by atoms with E-state index in [9.17, 15) is 0 Å². The Morgan fingerprint density at radius 3 is 1.60 bits per heavy atom. The molecule has 0 amide bonds. The van der Waals surface area contributed by atoms with E-state index in [2.05, 4.69) is 4.31 Å². The van der Waals surface area contributed by atoms with Gasteiger partial charge in [0.2, 0.25) is 0 Å². The summed E-state index contributed by atoms with van der Waals surface area (Å²) >= 11 is 7.33. The summed E-state index contributed by atoms with van der Waals surface area (Å²) in [5.74, 6) is 0. The number of rotatable bonds is 6. The first-order chi connectivity index (χ1) is 9.68. The summed E-state index contributed by atoms with van der Waals surface area (Å²) in [5.41, 5.74) is -2.19. The van der Waals surface area contributed by atoms with Gasteiger partial charge in [-0.15, -0.1) is 0 Å². The fourth-order valence-electron chi connectivity index (χ4n) is 3.36. The molecule has 2 aliphatic rings. The fourth-order valence-corrected chi connectivity index (χ4v) is 7.15. The van der Waals surface area contributed by atoms with Crippen LogP contribution in [0.4, 0.5) is 0 Å². The summed E-state index contributed by atoms with van der Waals surface area (Å²) in [6, 6.07) is 1.34. The van der Waals surface area contributed by atoms with E-state index in [1.807, 2.05) is 0 Å². The molecule has 20 heavy (non-hydrogen) atoms. The van der Waals surface area contributed by atoms with Crippen LogP contribution in [0.1, 0.15) is 64.2 Å². The van der Waals surface area contributed by atoms with E-state index >= 15 is 0 Å². The van der Waals surface area contributed by atoms with Gasteiger partial charge in [0, 0.05) is 37.9 Å². The highest BCUT2D eigenvalue weighted by Gasteiger charge is 2.34. The molecule has 0 atom stereocenters. The van der Waals surface area contributed by atoms with Gasteiger partial charge in [-0.2, -0.15) is 0 Å². The molecule has 2 saturated carbocycles. The lowest BCUT2D eigenvalue weighted by molar-refractivity contribution is 0.185. The topological polar surface area (TPSA) is 21.7 Å². The molecule has 0 spiro atoms. The third-order valence-electron chi connectivity index (χ3n) is 4.51. The second kappa shape index (κ2) is 8.50. The van der Waals surface area contributed by atoms with Gasteiger partial charge in [0.05, 0.1) is 0 Å². The summed E-state index contributed by atoms with van der Waals surface area (Å²) in [6.07, 6.45) is 13.5. The summed E-state index contributed by atoms with van der Waals surface area (Å²) < 4.78 is 13.7. The molecular weight excluding hydrogens is 309 g/mol. The molecule has 2 fully saturated rings. The average molecular weight is 337 g/mol. The van der Waals surface area contributed by atoms with Crippen LogP contribution in [-0.2, 0) is 20.9 Å². The second-order valence-electron chi connectivity index (χ2n) is 5.84. The van der Waals surface area contributed by atoms with E-state index in [0.717, 1.165) is 0 Å². The van der Waals surface area contributed by atoms with Crippen molar-refractivity contribution in [1.82, 2.24) is 4.31 Å². The van der Waals surface area contributed by atoms with Crippen molar-refractivity contribution in [2.45, 2.75) is 76.3 Å². The van der Waals surface area contributed by atoms with E-state index in [4.69, 9.17) is 20.9 Å². The molecule has 3 nitrogen and oxygen atoms in total. The van der Waals surface area contributed by atoms with Gasteiger partial charge in [0.25, 0.3) is 5.69 Å². The van der Waals surface area contributed by atoms with Crippen LogP contribution >= 0.6 is 17.3 Å². The van der Waals surface area contributed by atoms with E-state index in [-0.39, 0.29) is 0 Å². The molecule has 0 radical (unpaired) electrons. The van der Waals surface area contributed by atoms with E-state index in [0.29, 0.717) is 12.1 Å². The van der Waals surface area contributed by atoms with Gasteiger partial charge in [0.1, 0.15) is 0 Å². The second-order valence-corrected chi connectivity index (χ2v) is 12.1. The first kappa shape index (κ1) is 17.2. The van der Waals surface area contributed by atoms with Crippen molar-refractivity contribution in [3.8, 4) is 0 Å². The maximum atomic E-state index is 5.61. The quantitative estimate of drug-likeness (QED) is 0.494. The van der Waals surface area contributed by atoms with Crippen molar-refractivity contribution in [2.24, 2.45) is 0 Å². The van der Waals surface area contributed by atoms with Gasteiger partial charge in [-0.3, -0.25) is 0 Å². The molecule has 0 aromatic heterocycles. The van der Waals surface area contributed by atoms with Crippen LogP contribution in [0.5, 0.6) is 0 Å². The third kappa shape index (κ3) is 4.69. The van der Waals surface area contributed by atoms with Gasteiger partial charge in [-0.1, -0.05) is 38.5 Å². The Balaban J connectivity index is 2.07. The lowest BCUT2D eigenvalue weighted by Crippen LogP contribution is -2.40. The minimum atomic E-state index is -2.19. The fraction of sp³-hybridized carbons (Fsp3) is 1.00. The van der Waals surface area contributed by atoms with Crippen LogP contribution in [-0.4, -0.2) is 30.6 Å². The number of hydrogen-bond donors (Lipinski definition) is 0. The predicted molar refractivity (Wildman–Crippen MR) is 91.5 cm³/mol. The van der Waals surface area contributed by atoms with Gasteiger partial charge < -0.3 is 9.05 Å². The summed E-state index contributed by atoms with van der Waals surface area (Å²) in [7, 11) is 3.38. The highest BCUT2D eigenvalue weighted by molar-refractivity contribution is 8.67. The van der Waals surface area contributed by atoms with Crippen LogP contribution in [0.2, 0.25) is 0 Å². The molecule has 0 N–H and O–H groups in total. The molecule has 0 bridgehead atoms. The first-order valence-corrected chi connectivity index (χ1v) is 11.9. The molecule has 0 aliphatic heterocycles. The van der Waals surface area contributed by atoms with Crippen LogP contribution in [0, 0.1) is 0 Å². The van der Waals surface area contributed by atoms with Crippen LogP contribution in [0.25, 0.3) is 0 Å². The summed E-state index contributed by atoms with van der Waals surface area (Å²) in [5, 5.41) is 0. The Bertz CT molecular complexity index is 305. The van der Waals surface area contributed by atoms with Crippen molar-refractivity contribution in [1.29, 1.82) is 0 Å². The van der Waals surface area contributed by atoms with Crippen molar-refractivity contribution < 1.29 is 9.05 Å². The summed E-state index contributed by atoms with van der Waals surface area (Å²) in [6.45, 7) is 0. The number of hydrogen-bond acceptors (Lipinski definition) is 5. The van der Waals surface area contributed by atoms with Crippen molar-refractivity contribution in [3.63, 3.8) is 0 Å². The molecule has 0 aromatic carbocycles. The Morgan fingerprint density at radius 1 is 0.850 bits per heavy atom. The molecule has 0 unspecified atom stereocenters. The van der Waals surface area contributed by atoms with Gasteiger partial charge in [-0.05, 0) is 37.5 Å². The molecule has 0 saturated heterocycles. The van der Waals surface area contributed by atoms with Crippen LogP contribution in [0.3, 0.4) is 0 Å². The van der Waals surface area contributed by atoms with Gasteiger partial charge in [0.15, 0.2) is 0 Å². The minimum absolute atomic E-state index is 0.671. The molecule has 0 aromatic rings. The monoisotopic (exact) mass is 337 g/mol. The predicted octanol–water partition coefficient (Wildman–Crippen LogP) is 5.12. The first-order valence-electron chi connectivity index (χ1n) is 7.88. The van der Waals surface area contributed by atoms with E-state index in [1.54, 1.807) is 25.8 Å². The minimum Gasteiger partial charge on any atom is -0.324 e. The SMILES string of the molecule is COP(=S)(OC)SN(C1CCCCC1)C1CCCCC1. The molecule has 2 rings (SSSR count). The van der Waals surface area contributed by atoms with E-state index < -0.39 is 5.69 Å². The van der Waals surface area contributed by atoms with Crippen molar-refractivity contribution in [3.05, 3.63) is 0 Å². The smallest absolute Gasteiger partial charge is 0.261 e. The summed E-state index contributed by atoms with van der Waals surface area (Å²) in [4.78, 5) is 0. The van der Waals surface area contributed by atoms with Crippen LogP contribution < -0.4 is 0 Å². The zero-order valence-electron chi connectivity index (χ0n) is 12.8. The Kier molecular flexibility index (Phi) is 7.32. The maximum absolute atomic E-state index is 5.61. The molecule has 0 heterocycles. The molecule has 6 heteroatoms. The van der Waals surface area contributed by atoms with Gasteiger partial charge in [-0.25, -0.2) is 4.31 Å². The van der Waals surface area contributed by atoms with Crippen molar-refractivity contribution in [2.75, 3.05) is 14.2 Å². The Morgan fingerprint density at radius 2 is 1.25 bits per heavy atom. The number of nitrogens with zero attached hydrogens (tertiary/aromatic N) is 1. The largest absolute Gasteiger partial charge is 0.324 e. The normalized spacial score (nSPS) is 23.4. The lowest BCUT2D eigenvalue weighted by Gasteiger charge is -2.41. The maximum Gasteiger partial charge on any atom is 0.261 e. The van der Waals surface area contributed by atoms with Crippen molar-refractivity contribution >= 4 is 29.1 Å². The molecule has 2 aliphatic carbocycles. The standard InChI is InChI=1S/C14H28NO2PS2/c1-16-18(19,17-2)20-15(13-9-5-3-6-10-13)14-11-7-4-8-12-14/h13-14H,3-12H2,1-2H3. The highest BCUT2D eigenvalue weighted by Crippen LogP contribution is 2.62. The molecular formula is C14H28NO2PS2. The third-order valence-corrected chi connectivity index (χ3v) is 9.94. The Hall–Kier alpha value is 0.880. The highest BCUT2D eigenvalue weighted by atomic mass is 32.9. The average Bonchev–Trinajstić information content (AvgIpc) is 2.54. The zero-order chi connectivity index (χ0) is 14.4.